The van der Waals surface area contributed by atoms with Crippen molar-refractivity contribution in [1.82, 2.24) is 5.32 Å². The van der Waals surface area contributed by atoms with Crippen LogP contribution >= 0.6 is 0 Å². The average molecular weight is 229 g/mol. The third-order valence-corrected chi connectivity index (χ3v) is 3.64. The first-order valence-corrected chi connectivity index (χ1v) is 6.12. The molecule has 0 aromatic heterocycles. The van der Waals surface area contributed by atoms with Crippen LogP contribution in [-0.2, 0) is 14.2 Å². The van der Waals surface area contributed by atoms with Crippen molar-refractivity contribution in [3.8, 4) is 0 Å². The van der Waals surface area contributed by atoms with Gasteiger partial charge in [-0.2, -0.15) is 0 Å². The fourth-order valence-electron chi connectivity index (χ4n) is 2.74. The van der Waals surface area contributed by atoms with Crippen molar-refractivity contribution in [3.63, 3.8) is 0 Å². The predicted molar refractivity (Wildman–Crippen MR) is 56.3 cm³/mol. The molecule has 3 heterocycles. The molecule has 3 aliphatic rings. The Morgan fingerprint density at radius 1 is 1.06 bits per heavy atom. The monoisotopic (exact) mass is 229 g/mol. The Bertz CT molecular complexity index is 244. The number of ether oxygens (including phenoxy) is 3. The second-order valence-electron chi connectivity index (χ2n) is 4.79. The second kappa shape index (κ2) is 4.58. The molecule has 0 aromatic rings. The highest BCUT2D eigenvalue weighted by Crippen LogP contribution is 2.30. The summed E-state index contributed by atoms with van der Waals surface area (Å²) in [5.41, 5.74) is 0. The number of rotatable bonds is 2. The summed E-state index contributed by atoms with van der Waals surface area (Å²) < 4.78 is 17.1. The van der Waals surface area contributed by atoms with Crippen molar-refractivity contribution in [2.24, 2.45) is 0 Å². The summed E-state index contributed by atoms with van der Waals surface area (Å²) in [4.78, 5) is 0. The Kier molecular flexibility index (Phi) is 3.13. The van der Waals surface area contributed by atoms with Gasteiger partial charge in [0, 0.05) is 0 Å². The first-order valence-electron chi connectivity index (χ1n) is 6.12. The zero-order valence-corrected chi connectivity index (χ0v) is 9.30. The van der Waals surface area contributed by atoms with Crippen LogP contribution in [0.5, 0.6) is 0 Å². The molecule has 0 saturated carbocycles. The number of hydrogen-bond donors (Lipinski definition) is 2. The summed E-state index contributed by atoms with van der Waals surface area (Å²) in [5, 5.41) is 12.9. The highest BCUT2D eigenvalue weighted by Gasteiger charge is 2.48. The molecule has 3 fully saturated rings. The van der Waals surface area contributed by atoms with Crippen molar-refractivity contribution < 1.29 is 19.3 Å². The maximum Gasteiger partial charge on any atom is 0.115 e. The Balaban J connectivity index is 1.55. The fourth-order valence-corrected chi connectivity index (χ4v) is 2.74. The standard InChI is InChI=1S/C11H19NO4/c13-8-5-14-11-9(6-15-10(8)11)16-7-1-3-12-4-2-7/h7-13H,1-6H2. The van der Waals surface area contributed by atoms with Crippen molar-refractivity contribution in [3.05, 3.63) is 0 Å². The minimum atomic E-state index is -0.480. The molecule has 3 rings (SSSR count). The van der Waals surface area contributed by atoms with Crippen LogP contribution in [0.1, 0.15) is 12.8 Å². The molecule has 0 aliphatic carbocycles. The van der Waals surface area contributed by atoms with Gasteiger partial charge in [-0.25, -0.2) is 0 Å². The number of aliphatic hydroxyl groups excluding tert-OH is 1. The van der Waals surface area contributed by atoms with E-state index in [2.05, 4.69) is 5.32 Å². The van der Waals surface area contributed by atoms with Crippen LogP contribution in [0.3, 0.4) is 0 Å². The molecule has 3 saturated heterocycles. The van der Waals surface area contributed by atoms with Gasteiger partial charge in [0.15, 0.2) is 0 Å². The van der Waals surface area contributed by atoms with Crippen LogP contribution in [-0.4, -0.2) is 61.9 Å². The number of hydrogen-bond acceptors (Lipinski definition) is 5. The summed E-state index contributed by atoms with van der Waals surface area (Å²) in [6, 6.07) is 0. The minimum absolute atomic E-state index is 0.00486. The Labute approximate surface area is 95.1 Å². The van der Waals surface area contributed by atoms with E-state index in [9.17, 15) is 5.11 Å². The van der Waals surface area contributed by atoms with E-state index in [1.54, 1.807) is 0 Å². The molecule has 16 heavy (non-hydrogen) atoms. The Morgan fingerprint density at radius 2 is 1.81 bits per heavy atom. The molecule has 5 heteroatoms. The van der Waals surface area contributed by atoms with Crippen LogP contribution in [0, 0.1) is 0 Å². The molecule has 5 nitrogen and oxygen atoms in total. The van der Waals surface area contributed by atoms with E-state index in [0.717, 1.165) is 25.9 Å². The lowest BCUT2D eigenvalue weighted by Gasteiger charge is -2.27. The van der Waals surface area contributed by atoms with Crippen LogP contribution in [0.15, 0.2) is 0 Å². The summed E-state index contributed by atoms with van der Waals surface area (Å²) in [7, 11) is 0. The van der Waals surface area contributed by atoms with E-state index in [0.29, 0.717) is 19.3 Å². The molecule has 0 amide bonds. The van der Waals surface area contributed by atoms with E-state index in [1.165, 1.54) is 0 Å². The lowest BCUT2D eigenvalue weighted by atomic mass is 10.1. The second-order valence-corrected chi connectivity index (χ2v) is 4.79. The van der Waals surface area contributed by atoms with Gasteiger partial charge < -0.3 is 24.6 Å². The van der Waals surface area contributed by atoms with Crippen molar-refractivity contribution in [1.29, 1.82) is 0 Å². The van der Waals surface area contributed by atoms with E-state index in [-0.39, 0.29) is 18.3 Å². The van der Waals surface area contributed by atoms with Gasteiger partial charge in [0.1, 0.15) is 24.4 Å². The van der Waals surface area contributed by atoms with Crippen molar-refractivity contribution in [2.45, 2.75) is 43.4 Å². The molecular weight excluding hydrogens is 210 g/mol. The normalized spacial score (nSPS) is 44.8. The van der Waals surface area contributed by atoms with Gasteiger partial charge in [0.2, 0.25) is 0 Å². The van der Waals surface area contributed by atoms with E-state index >= 15 is 0 Å². The zero-order chi connectivity index (χ0) is 11.0. The first kappa shape index (κ1) is 10.9. The van der Waals surface area contributed by atoms with E-state index < -0.39 is 6.10 Å². The highest BCUT2D eigenvalue weighted by molar-refractivity contribution is 4.95. The predicted octanol–water partition coefficient (Wildman–Crippen LogP) is -0.718. The van der Waals surface area contributed by atoms with Crippen LogP contribution in [0.4, 0.5) is 0 Å². The molecule has 0 aromatic carbocycles. The Hall–Kier alpha value is -0.200. The van der Waals surface area contributed by atoms with Gasteiger partial charge in [-0.1, -0.05) is 0 Å². The SMILES string of the molecule is OC1COC2C(OC3CCNCC3)COC12. The largest absolute Gasteiger partial charge is 0.388 e. The maximum absolute atomic E-state index is 9.61. The number of aliphatic hydroxyl groups is 1. The molecule has 4 unspecified atom stereocenters. The maximum atomic E-state index is 9.61. The lowest BCUT2D eigenvalue weighted by molar-refractivity contribution is -0.0797. The fraction of sp³-hybridized carbons (Fsp3) is 1.00. The Morgan fingerprint density at radius 3 is 2.62 bits per heavy atom. The van der Waals surface area contributed by atoms with Crippen LogP contribution in [0.25, 0.3) is 0 Å². The van der Waals surface area contributed by atoms with Crippen molar-refractivity contribution >= 4 is 0 Å². The molecule has 0 radical (unpaired) electrons. The average Bonchev–Trinajstić information content (AvgIpc) is 2.86. The highest BCUT2D eigenvalue weighted by atomic mass is 16.6. The summed E-state index contributed by atoms with van der Waals surface area (Å²) >= 11 is 0. The first-order chi connectivity index (χ1) is 7.84. The number of piperidine rings is 1. The molecule has 0 bridgehead atoms. The van der Waals surface area contributed by atoms with Gasteiger partial charge in [0.05, 0.1) is 19.3 Å². The van der Waals surface area contributed by atoms with Gasteiger partial charge in [-0.05, 0) is 25.9 Å². The third kappa shape index (κ3) is 1.98. The third-order valence-electron chi connectivity index (χ3n) is 3.64. The van der Waals surface area contributed by atoms with Gasteiger partial charge in [-0.3, -0.25) is 0 Å². The lowest BCUT2D eigenvalue weighted by Crippen LogP contribution is -2.39. The summed E-state index contributed by atoms with van der Waals surface area (Å²) in [6.07, 6.45) is 1.70. The van der Waals surface area contributed by atoms with Crippen LogP contribution in [0.2, 0.25) is 0 Å². The molecule has 0 spiro atoms. The van der Waals surface area contributed by atoms with Crippen LogP contribution < -0.4 is 5.32 Å². The van der Waals surface area contributed by atoms with Gasteiger partial charge >= 0.3 is 0 Å². The molecule has 3 aliphatic heterocycles. The van der Waals surface area contributed by atoms with Gasteiger partial charge in [0.25, 0.3) is 0 Å². The number of fused-ring (bicyclic) bond motifs is 1. The molecule has 4 atom stereocenters. The molecule has 92 valence electrons. The quantitative estimate of drug-likeness (QED) is 0.654. The summed E-state index contributed by atoms with van der Waals surface area (Å²) in [5.74, 6) is 0. The van der Waals surface area contributed by atoms with Gasteiger partial charge in [-0.15, -0.1) is 0 Å². The smallest absolute Gasteiger partial charge is 0.115 e. The topological polar surface area (TPSA) is 60.0 Å². The summed E-state index contributed by atoms with van der Waals surface area (Å²) in [6.45, 7) is 2.98. The zero-order valence-electron chi connectivity index (χ0n) is 9.30. The van der Waals surface area contributed by atoms with Crippen molar-refractivity contribution in [2.75, 3.05) is 26.3 Å². The van der Waals surface area contributed by atoms with E-state index in [1.807, 2.05) is 0 Å². The minimum Gasteiger partial charge on any atom is -0.388 e. The molecule has 2 N–H and O–H groups in total. The number of nitrogens with one attached hydrogen (secondary N) is 1. The molecular formula is C11H19NO4. The van der Waals surface area contributed by atoms with E-state index in [4.69, 9.17) is 14.2 Å².